The van der Waals surface area contributed by atoms with Gasteiger partial charge in [-0.05, 0) is 54.1 Å². The number of rotatable bonds is 4. The van der Waals surface area contributed by atoms with Crippen molar-refractivity contribution in [3.8, 4) is 6.07 Å². The van der Waals surface area contributed by atoms with Gasteiger partial charge in [-0.3, -0.25) is 14.5 Å². The molecule has 3 aromatic carbocycles. The highest BCUT2D eigenvalue weighted by Crippen LogP contribution is 2.42. The van der Waals surface area contributed by atoms with Crippen LogP contribution < -0.4 is 4.90 Å². The molecule has 1 aliphatic rings. The van der Waals surface area contributed by atoms with Gasteiger partial charge in [0.05, 0.1) is 23.2 Å². The normalized spacial score (nSPS) is 15.8. The number of amides is 1. The minimum atomic E-state index is -0.862. The van der Waals surface area contributed by atoms with Crippen LogP contribution in [-0.4, -0.2) is 16.8 Å². The summed E-state index contributed by atoms with van der Waals surface area (Å²) in [7, 11) is 0. The lowest BCUT2D eigenvalue weighted by molar-refractivity contribution is -0.117. The van der Waals surface area contributed by atoms with Gasteiger partial charge in [-0.2, -0.15) is 5.26 Å². The molecule has 0 saturated heterocycles. The number of hydrogen-bond donors (Lipinski definition) is 1. The molecule has 2 heterocycles. The molecular formula is C26H15BrN2O4. The Morgan fingerprint density at radius 2 is 1.76 bits per heavy atom. The van der Waals surface area contributed by atoms with E-state index < -0.39 is 23.5 Å². The highest BCUT2D eigenvalue weighted by molar-refractivity contribution is 9.10. The van der Waals surface area contributed by atoms with Crippen LogP contribution in [0.5, 0.6) is 0 Å². The van der Waals surface area contributed by atoms with Crippen LogP contribution in [0.4, 0.5) is 5.69 Å². The molecule has 5 rings (SSSR count). The zero-order chi connectivity index (χ0) is 23.1. The van der Waals surface area contributed by atoms with Crippen molar-refractivity contribution in [1.29, 1.82) is 5.26 Å². The van der Waals surface area contributed by atoms with E-state index in [1.807, 2.05) is 18.2 Å². The Balaban J connectivity index is 1.64. The molecule has 7 heteroatoms. The second-order valence-electron chi connectivity index (χ2n) is 7.53. The lowest BCUT2D eigenvalue weighted by atomic mass is 9.94. The van der Waals surface area contributed by atoms with Crippen molar-refractivity contribution in [2.45, 2.75) is 6.04 Å². The van der Waals surface area contributed by atoms with E-state index in [2.05, 4.69) is 15.9 Å². The minimum Gasteiger partial charge on any atom is -0.503 e. The number of halogens is 1. The maximum absolute atomic E-state index is 13.6. The monoisotopic (exact) mass is 498 g/mol. The number of nitriles is 1. The molecule has 1 unspecified atom stereocenters. The molecule has 0 fully saturated rings. The maximum Gasteiger partial charge on any atom is 0.294 e. The third-order valence-corrected chi connectivity index (χ3v) is 6.04. The van der Waals surface area contributed by atoms with E-state index in [1.165, 1.54) is 4.90 Å². The molecule has 0 aliphatic carbocycles. The standard InChI is InChI=1S/C26H15BrN2O4/c27-18-8-11-20-17(12-18)13-21(33-20)24(30)22-23(16-4-2-1-3-5-16)29(26(32)25(22)31)19-9-6-15(14-28)7-10-19/h1-13,23,31H. The van der Waals surface area contributed by atoms with E-state index in [4.69, 9.17) is 9.68 Å². The summed E-state index contributed by atoms with van der Waals surface area (Å²) in [6, 6.07) is 23.5. The molecule has 1 aromatic heterocycles. The number of anilines is 1. The van der Waals surface area contributed by atoms with Crippen molar-refractivity contribution < 1.29 is 19.1 Å². The average molecular weight is 499 g/mol. The number of nitrogens with zero attached hydrogens (tertiary/aromatic N) is 2. The van der Waals surface area contributed by atoms with Crippen LogP contribution in [0.2, 0.25) is 0 Å². The molecule has 1 amide bonds. The fourth-order valence-corrected chi connectivity index (χ4v) is 4.39. The lowest BCUT2D eigenvalue weighted by Gasteiger charge is -2.26. The van der Waals surface area contributed by atoms with Crippen LogP contribution in [0.25, 0.3) is 11.0 Å². The van der Waals surface area contributed by atoms with Crippen LogP contribution in [0.15, 0.2) is 99.1 Å². The quantitative estimate of drug-likeness (QED) is 0.356. The van der Waals surface area contributed by atoms with Crippen molar-refractivity contribution in [3.63, 3.8) is 0 Å². The Labute approximate surface area is 197 Å². The second kappa shape index (κ2) is 8.08. The van der Waals surface area contributed by atoms with Crippen molar-refractivity contribution >= 4 is 44.3 Å². The van der Waals surface area contributed by atoms with Crippen LogP contribution in [0.1, 0.15) is 27.7 Å². The van der Waals surface area contributed by atoms with Crippen LogP contribution in [0, 0.1) is 11.3 Å². The third-order valence-electron chi connectivity index (χ3n) is 5.54. The number of aliphatic hydroxyl groups excluding tert-OH is 1. The minimum absolute atomic E-state index is 0.0278. The summed E-state index contributed by atoms with van der Waals surface area (Å²) in [4.78, 5) is 28.1. The Bertz CT molecular complexity index is 1480. The summed E-state index contributed by atoms with van der Waals surface area (Å²) >= 11 is 3.40. The van der Waals surface area contributed by atoms with E-state index >= 15 is 0 Å². The number of ketones is 1. The smallest absolute Gasteiger partial charge is 0.294 e. The van der Waals surface area contributed by atoms with Gasteiger partial charge in [0.25, 0.3) is 5.91 Å². The largest absolute Gasteiger partial charge is 0.503 e. The number of carbonyl (C=O) groups is 2. The summed E-state index contributed by atoms with van der Waals surface area (Å²) in [5.74, 6) is -1.87. The molecule has 1 N–H and O–H groups in total. The average Bonchev–Trinajstić information content (AvgIpc) is 3.38. The zero-order valence-electron chi connectivity index (χ0n) is 17.0. The van der Waals surface area contributed by atoms with Crippen molar-refractivity contribution in [1.82, 2.24) is 0 Å². The van der Waals surface area contributed by atoms with Gasteiger partial charge >= 0.3 is 0 Å². The Morgan fingerprint density at radius 3 is 2.45 bits per heavy atom. The second-order valence-corrected chi connectivity index (χ2v) is 8.45. The third kappa shape index (κ3) is 3.51. The summed E-state index contributed by atoms with van der Waals surface area (Å²) in [6.45, 7) is 0. The molecule has 6 nitrogen and oxygen atoms in total. The first-order chi connectivity index (χ1) is 16.0. The first kappa shape index (κ1) is 20.7. The van der Waals surface area contributed by atoms with Crippen molar-refractivity contribution in [2.75, 3.05) is 4.90 Å². The summed E-state index contributed by atoms with van der Waals surface area (Å²) in [5, 5.41) is 20.7. The van der Waals surface area contributed by atoms with E-state index in [0.717, 1.165) is 9.86 Å². The van der Waals surface area contributed by atoms with Crippen LogP contribution in [0.3, 0.4) is 0 Å². The Morgan fingerprint density at radius 1 is 1.03 bits per heavy atom. The van der Waals surface area contributed by atoms with Gasteiger partial charge in [0.15, 0.2) is 11.5 Å². The zero-order valence-corrected chi connectivity index (χ0v) is 18.6. The highest BCUT2D eigenvalue weighted by atomic mass is 79.9. The molecule has 33 heavy (non-hydrogen) atoms. The van der Waals surface area contributed by atoms with Crippen LogP contribution >= 0.6 is 15.9 Å². The van der Waals surface area contributed by atoms with E-state index in [-0.39, 0.29) is 11.3 Å². The van der Waals surface area contributed by atoms with Crippen LogP contribution in [-0.2, 0) is 4.79 Å². The Hall–Kier alpha value is -4.15. The summed E-state index contributed by atoms with van der Waals surface area (Å²) in [6.07, 6.45) is 0. The number of fused-ring (bicyclic) bond motifs is 1. The number of furan rings is 1. The SMILES string of the molecule is N#Cc1ccc(N2C(=O)C(O)=C(C(=O)c3cc4cc(Br)ccc4o3)C2c2ccccc2)cc1. The number of aliphatic hydroxyl groups is 1. The first-order valence-corrected chi connectivity index (χ1v) is 10.8. The molecule has 4 aromatic rings. The topological polar surface area (TPSA) is 94.5 Å². The highest BCUT2D eigenvalue weighted by Gasteiger charge is 2.45. The lowest BCUT2D eigenvalue weighted by Crippen LogP contribution is -2.31. The van der Waals surface area contributed by atoms with E-state index in [1.54, 1.807) is 66.7 Å². The number of carbonyl (C=O) groups excluding carboxylic acids is 2. The summed E-state index contributed by atoms with van der Waals surface area (Å²) < 4.78 is 6.59. The maximum atomic E-state index is 13.6. The predicted octanol–water partition coefficient (Wildman–Crippen LogP) is 5.85. The van der Waals surface area contributed by atoms with Gasteiger partial charge in [0, 0.05) is 15.5 Å². The van der Waals surface area contributed by atoms with Gasteiger partial charge < -0.3 is 9.52 Å². The molecule has 0 bridgehead atoms. The van der Waals surface area contributed by atoms with Gasteiger partial charge in [-0.1, -0.05) is 46.3 Å². The van der Waals surface area contributed by atoms with Crippen molar-refractivity contribution in [3.05, 3.63) is 112 Å². The molecule has 160 valence electrons. The molecular weight excluding hydrogens is 484 g/mol. The molecule has 1 aliphatic heterocycles. The fraction of sp³-hybridized carbons (Fsp3) is 0.0385. The predicted molar refractivity (Wildman–Crippen MR) is 126 cm³/mol. The van der Waals surface area contributed by atoms with Gasteiger partial charge in [0.2, 0.25) is 5.78 Å². The number of benzene rings is 3. The Kier molecular flexibility index (Phi) is 5.08. The summed E-state index contributed by atoms with van der Waals surface area (Å²) in [5.41, 5.74) is 2.00. The van der Waals surface area contributed by atoms with E-state index in [9.17, 15) is 14.7 Å². The number of hydrogen-bond acceptors (Lipinski definition) is 5. The van der Waals surface area contributed by atoms with Crippen molar-refractivity contribution in [2.24, 2.45) is 0 Å². The van der Waals surface area contributed by atoms with Gasteiger partial charge in [-0.15, -0.1) is 0 Å². The fourth-order valence-electron chi connectivity index (χ4n) is 4.01. The van der Waals surface area contributed by atoms with Gasteiger partial charge in [-0.25, -0.2) is 0 Å². The van der Waals surface area contributed by atoms with Gasteiger partial charge in [0.1, 0.15) is 5.58 Å². The number of Topliss-reactive ketones (excluding diaryl/α,β-unsaturated/α-hetero) is 1. The first-order valence-electron chi connectivity index (χ1n) is 10.0. The van der Waals surface area contributed by atoms with E-state index in [0.29, 0.717) is 22.4 Å². The molecule has 0 saturated carbocycles. The molecule has 0 radical (unpaired) electrons. The molecule has 1 atom stereocenters. The molecule has 0 spiro atoms.